The lowest BCUT2D eigenvalue weighted by Crippen LogP contribution is -2.35. The SMILES string of the molecule is CCCCCCCCCCCCCCN(C)CCCC[N+](C)(C)C. The molecular formula is C22H49N2+. The van der Waals surface area contributed by atoms with Gasteiger partial charge in [0.05, 0.1) is 27.7 Å². The number of rotatable bonds is 18. The van der Waals surface area contributed by atoms with Gasteiger partial charge in [0.15, 0.2) is 0 Å². The van der Waals surface area contributed by atoms with Crippen LogP contribution < -0.4 is 0 Å². The maximum Gasteiger partial charge on any atom is 0.0780 e. The van der Waals surface area contributed by atoms with Crippen LogP contribution in [-0.4, -0.2) is 57.2 Å². The van der Waals surface area contributed by atoms with Gasteiger partial charge < -0.3 is 9.38 Å². The first-order valence-electron chi connectivity index (χ1n) is 10.9. The third-order valence-corrected chi connectivity index (χ3v) is 5.01. The highest BCUT2D eigenvalue weighted by Crippen LogP contribution is 2.12. The van der Waals surface area contributed by atoms with Crippen molar-refractivity contribution >= 4 is 0 Å². The zero-order valence-corrected chi connectivity index (χ0v) is 17.9. The quantitative estimate of drug-likeness (QED) is 0.215. The highest BCUT2D eigenvalue weighted by Gasteiger charge is 2.06. The third kappa shape index (κ3) is 20.0. The van der Waals surface area contributed by atoms with E-state index in [4.69, 9.17) is 0 Å². The summed E-state index contributed by atoms with van der Waals surface area (Å²) < 4.78 is 1.10. The molecule has 0 rings (SSSR count). The van der Waals surface area contributed by atoms with Crippen molar-refractivity contribution in [1.29, 1.82) is 0 Å². The molecule has 0 unspecified atom stereocenters. The molecule has 0 atom stereocenters. The smallest absolute Gasteiger partial charge is 0.0780 e. The Morgan fingerprint density at radius 2 is 0.917 bits per heavy atom. The lowest BCUT2D eigenvalue weighted by molar-refractivity contribution is -0.870. The number of hydrogen-bond acceptors (Lipinski definition) is 1. The van der Waals surface area contributed by atoms with Crippen molar-refractivity contribution in [3.63, 3.8) is 0 Å². The Bertz CT molecular complexity index is 245. The summed E-state index contributed by atoms with van der Waals surface area (Å²) in [5, 5.41) is 0. The van der Waals surface area contributed by atoms with E-state index in [1.165, 1.54) is 110 Å². The van der Waals surface area contributed by atoms with Gasteiger partial charge in [-0.25, -0.2) is 0 Å². The zero-order chi connectivity index (χ0) is 18.1. The summed E-state index contributed by atoms with van der Waals surface area (Å²) in [6.45, 7) is 6.16. The summed E-state index contributed by atoms with van der Waals surface area (Å²) in [5.74, 6) is 0. The Morgan fingerprint density at radius 1 is 0.542 bits per heavy atom. The molecule has 0 radical (unpaired) electrons. The molecule has 146 valence electrons. The van der Waals surface area contributed by atoms with E-state index in [2.05, 4.69) is 40.0 Å². The monoisotopic (exact) mass is 341 g/mol. The second kappa shape index (κ2) is 16.4. The van der Waals surface area contributed by atoms with Crippen LogP contribution >= 0.6 is 0 Å². The Balaban J connectivity index is 3.18. The Kier molecular flexibility index (Phi) is 16.3. The average Bonchev–Trinajstić information content (AvgIpc) is 2.52. The van der Waals surface area contributed by atoms with Crippen LogP contribution in [0, 0.1) is 0 Å². The molecule has 0 N–H and O–H groups in total. The van der Waals surface area contributed by atoms with E-state index < -0.39 is 0 Å². The molecule has 24 heavy (non-hydrogen) atoms. The summed E-state index contributed by atoms with van der Waals surface area (Å²) >= 11 is 0. The van der Waals surface area contributed by atoms with E-state index in [-0.39, 0.29) is 0 Å². The molecular weight excluding hydrogens is 292 g/mol. The van der Waals surface area contributed by atoms with Gasteiger partial charge in [0.2, 0.25) is 0 Å². The van der Waals surface area contributed by atoms with Gasteiger partial charge in [0, 0.05) is 0 Å². The van der Waals surface area contributed by atoms with Crippen molar-refractivity contribution in [2.45, 2.75) is 96.8 Å². The molecule has 0 aliphatic heterocycles. The molecule has 2 nitrogen and oxygen atoms in total. The van der Waals surface area contributed by atoms with Crippen LogP contribution in [0.1, 0.15) is 96.8 Å². The summed E-state index contributed by atoms with van der Waals surface area (Å²) in [7, 11) is 9.16. The van der Waals surface area contributed by atoms with Gasteiger partial charge in [-0.05, 0) is 39.4 Å². The highest BCUT2D eigenvalue weighted by molar-refractivity contribution is 4.54. The topological polar surface area (TPSA) is 3.24 Å². The predicted molar refractivity (Wildman–Crippen MR) is 111 cm³/mol. The van der Waals surface area contributed by atoms with Gasteiger partial charge in [0.25, 0.3) is 0 Å². The first-order valence-corrected chi connectivity index (χ1v) is 10.9. The van der Waals surface area contributed by atoms with Crippen LogP contribution in [0.15, 0.2) is 0 Å². The van der Waals surface area contributed by atoms with Gasteiger partial charge in [-0.3, -0.25) is 0 Å². The van der Waals surface area contributed by atoms with Crippen molar-refractivity contribution in [1.82, 2.24) is 4.90 Å². The third-order valence-electron chi connectivity index (χ3n) is 5.01. The zero-order valence-electron chi connectivity index (χ0n) is 17.9. The van der Waals surface area contributed by atoms with Crippen molar-refractivity contribution in [2.75, 3.05) is 47.8 Å². The molecule has 0 aromatic rings. The number of nitrogens with zero attached hydrogens (tertiary/aromatic N) is 2. The molecule has 0 bridgehead atoms. The summed E-state index contributed by atoms with van der Waals surface area (Å²) in [6, 6.07) is 0. The standard InChI is InChI=1S/C22H49N2/c1-6-7-8-9-10-11-12-13-14-15-16-17-20-23(2)21-18-19-22-24(3,4)5/h6-22H2,1-5H3/q+1. The molecule has 0 aromatic heterocycles. The second-order valence-electron chi connectivity index (χ2n) is 8.91. The van der Waals surface area contributed by atoms with Crippen molar-refractivity contribution in [3.8, 4) is 0 Å². The van der Waals surface area contributed by atoms with E-state index >= 15 is 0 Å². The average molecular weight is 342 g/mol. The molecule has 0 aliphatic carbocycles. The first kappa shape index (κ1) is 23.9. The van der Waals surface area contributed by atoms with Gasteiger partial charge in [-0.1, -0.05) is 77.6 Å². The first-order chi connectivity index (χ1) is 11.5. The van der Waals surface area contributed by atoms with E-state index in [1.54, 1.807) is 0 Å². The van der Waals surface area contributed by atoms with E-state index in [1.807, 2.05) is 0 Å². The largest absolute Gasteiger partial charge is 0.331 e. The fraction of sp³-hybridized carbons (Fsp3) is 1.00. The van der Waals surface area contributed by atoms with E-state index in [0.29, 0.717) is 0 Å². The lowest BCUT2D eigenvalue weighted by atomic mass is 10.1. The summed E-state index contributed by atoms with van der Waals surface area (Å²) in [6.07, 6.45) is 20.0. The van der Waals surface area contributed by atoms with Gasteiger partial charge in [-0.15, -0.1) is 0 Å². The number of quaternary nitrogens is 1. The molecule has 0 amide bonds. The minimum absolute atomic E-state index is 1.10. The fourth-order valence-corrected chi connectivity index (χ4v) is 3.30. The van der Waals surface area contributed by atoms with Crippen molar-refractivity contribution in [2.24, 2.45) is 0 Å². The number of hydrogen-bond donors (Lipinski definition) is 0. The predicted octanol–water partition coefficient (Wildman–Crippen LogP) is 6.11. The molecule has 2 heteroatoms. The van der Waals surface area contributed by atoms with Gasteiger partial charge in [0.1, 0.15) is 0 Å². The molecule has 0 aromatic carbocycles. The molecule has 0 saturated carbocycles. The molecule has 0 aliphatic rings. The highest BCUT2D eigenvalue weighted by atomic mass is 15.3. The Labute approximate surface area is 154 Å². The minimum atomic E-state index is 1.10. The van der Waals surface area contributed by atoms with Crippen LogP contribution in [0.4, 0.5) is 0 Å². The molecule has 0 saturated heterocycles. The summed E-state index contributed by atoms with van der Waals surface area (Å²) in [4.78, 5) is 2.53. The maximum atomic E-state index is 2.53. The minimum Gasteiger partial charge on any atom is -0.331 e. The normalized spacial score (nSPS) is 12.2. The Morgan fingerprint density at radius 3 is 1.33 bits per heavy atom. The van der Waals surface area contributed by atoms with Crippen LogP contribution in [0.5, 0.6) is 0 Å². The van der Waals surface area contributed by atoms with Crippen LogP contribution in [0.3, 0.4) is 0 Å². The van der Waals surface area contributed by atoms with Crippen LogP contribution in [-0.2, 0) is 0 Å². The lowest BCUT2D eigenvalue weighted by Gasteiger charge is -2.24. The summed E-state index contributed by atoms with van der Waals surface area (Å²) in [5.41, 5.74) is 0. The van der Waals surface area contributed by atoms with Gasteiger partial charge >= 0.3 is 0 Å². The second-order valence-corrected chi connectivity index (χ2v) is 8.91. The van der Waals surface area contributed by atoms with Crippen molar-refractivity contribution < 1.29 is 4.48 Å². The Hall–Kier alpha value is -0.0800. The van der Waals surface area contributed by atoms with Gasteiger partial charge in [-0.2, -0.15) is 0 Å². The van der Waals surface area contributed by atoms with Crippen LogP contribution in [0.25, 0.3) is 0 Å². The van der Waals surface area contributed by atoms with Crippen molar-refractivity contribution in [3.05, 3.63) is 0 Å². The van der Waals surface area contributed by atoms with Crippen LogP contribution in [0.2, 0.25) is 0 Å². The number of unbranched alkanes of at least 4 members (excludes halogenated alkanes) is 12. The maximum absolute atomic E-state index is 2.53. The van der Waals surface area contributed by atoms with E-state index in [9.17, 15) is 0 Å². The fourth-order valence-electron chi connectivity index (χ4n) is 3.30. The molecule has 0 heterocycles. The van der Waals surface area contributed by atoms with E-state index in [0.717, 1.165) is 4.48 Å². The molecule has 0 fully saturated rings. The molecule has 0 spiro atoms.